The minimum absolute atomic E-state index is 0.168. The summed E-state index contributed by atoms with van der Waals surface area (Å²) >= 11 is 0. The van der Waals surface area contributed by atoms with E-state index in [0.29, 0.717) is 6.42 Å². The Balaban J connectivity index is 3.45. The van der Waals surface area contributed by atoms with Crippen LogP contribution in [-0.4, -0.2) is 18.4 Å². The van der Waals surface area contributed by atoms with Crippen molar-refractivity contribution >= 4 is 11.8 Å². The maximum absolute atomic E-state index is 11.7. The maximum atomic E-state index is 11.7. The SMILES string of the molecule is CCCCCCCCCCCCCCCCC(C#N)C(=O)C(=O)OCC. The molecule has 0 aromatic rings. The van der Waals surface area contributed by atoms with Gasteiger partial charge in [0.15, 0.2) is 0 Å². The number of nitriles is 1. The monoisotopic (exact) mass is 365 g/mol. The van der Waals surface area contributed by atoms with Gasteiger partial charge in [-0.05, 0) is 13.3 Å². The van der Waals surface area contributed by atoms with Crippen LogP contribution < -0.4 is 0 Å². The highest BCUT2D eigenvalue weighted by Crippen LogP contribution is 2.15. The zero-order valence-corrected chi connectivity index (χ0v) is 17.1. The number of ether oxygens (including phenoxy) is 1. The molecule has 4 nitrogen and oxygen atoms in total. The molecule has 0 aliphatic heterocycles. The maximum Gasteiger partial charge on any atom is 0.376 e. The summed E-state index contributed by atoms with van der Waals surface area (Å²) in [6, 6.07) is 1.94. The first-order valence-electron chi connectivity index (χ1n) is 10.8. The van der Waals surface area contributed by atoms with Crippen LogP contribution >= 0.6 is 0 Å². The van der Waals surface area contributed by atoms with Gasteiger partial charge in [0.25, 0.3) is 5.78 Å². The number of hydrogen-bond donors (Lipinski definition) is 0. The smallest absolute Gasteiger partial charge is 0.376 e. The predicted molar refractivity (Wildman–Crippen MR) is 106 cm³/mol. The highest BCUT2D eigenvalue weighted by molar-refractivity contribution is 6.35. The van der Waals surface area contributed by atoms with E-state index in [1.807, 2.05) is 6.07 Å². The first-order chi connectivity index (χ1) is 12.7. The molecule has 0 rings (SSSR count). The lowest BCUT2D eigenvalue weighted by Crippen LogP contribution is -2.25. The van der Waals surface area contributed by atoms with Gasteiger partial charge >= 0.3 is 5.97 Å². The number of carbonyl (C=O) groups excluding carboxylic acids is 2. The van der Waals surface area contributed by atoms with Crippen LogP contribution in [0.3, 0.4) is 0 Å². The first-order valence-corrected chi connectivity index (χ1v) is 10.8. The summed E-state index contributed by atoms with van der Waals surface area (Å²) in [7, 11) is 0. The van der Waals surface area contributed by atoms with Crippen LogP contribution in [0.15, 0.2) is 0 Å². The van der Waals surface area contributed by atoms with Crippen molar-refractivity contribution in [3.63, 3.8) is 0 Å². The highest BCUT2D eigenvalue weighted by atomic mass is 16.5. The Kier molecular flexibility index (Phi) is 17.5. The lowest BCUT2D eigenvalue weighted by Gasteiger charge is -2.07. The fraction of sp³-hybridized carbons (Fsp3) is 0.864. The van der Waals surface area contributed by atoms with Gasteiger partial charge in [0, 0.05) is 0 Å². The third-order valence-corrected chi connectivity index (χ3v) is 4.80. The van der Waals surface area contributed by atoms with Crippen LogP contribution in [0.2, 0.25) is 0 Å². The van der Waals surface area contributed by atoms with Crippen molar-refractivity contribution in [1.29, 1.82) is 5.26 Å². The van der Waals surface area contributed by atoms with Crippen molar-refractivity contribution in [3.05, 3.63) is 0 Å². The number of carbonyl (C=O) groups is 2. The molecule has 0 fully saturated rings. The van der Waals surface area contributed by atoms with Gasteiger partial charge in [-0.1, -0.05) is 96.8 Å². The number of esters is 1. The molecule has 4 heteroatoms. The molecular formula is C22H39NO3. The fourth-order valence-corrected chi connectivity index (χ4v) is 3.14. The number of rotatable bonds is 18. The quantitative estimate of drug-likeness (QED) is 0.166. The molecule has 0 radical (unpaired) electrons. The standard InChI is InChI=1S/C22H39NO3/c1-3-5-6-7-8-9-10-11-12-13-14-15-16-17-18-20(19-23)21(24)22(25)26-4-2/h20H,3-18H2,1-2H3. The Morgan fingerprint density at radius 2 is 1.19 bits per heavy atom. The molecule has 0 saturated carbocycles. The summed E-state index contributed by atoms with van der Waals surface area (Å²) < 4.78 is 4.67. The largest absolute Gasteiger partial charge is 0.460 e. The highest BCUT2D eigenvalue weighted by Gasteiger charge is 2.25. The Bertz CT molecular complexity index is 401. The Morgan fingerprint density at radius 3 is 1.58 bits per heavy atom. The van der Waals surface area contributed by atoms with Crippen molar-refractivity contribution in [2.75, 3.05) is 6.61 Å². The summed E-state index contributed by atoms with van der Waals surface area (Å²) in [6.07, 6.45) is 18.2. The minimum atomic E-state index is -0.871. The molecule has 0 aliphatic rings. The van der Waals surface area contributed by atoms with Gasteiger partial charge in [-0.25, -0.2) is 4.79 Å². The summed E-state index contributed by atoms with van der Waals surface area (Å²) in [6.45, 7) is 4.08. The van der Waals surface area contributed by atoms with Crippen molar-refractivity contribution in [2.24, 2.45) is 5.92 Å². The van der Waals surface area contributed by atoms with E-state index in [4.69, 9.17) is 5.26 Å². The number of unbranched alkanes of at least 4 members (excludes halogenated alkanes) is 13. The second kappa shape index (κ2) is 18.4. The van der Waals surface area contributed by atoms with Crippen molar-refractivity contribution in [1.82, 2.24) is 0 Å². The molecule has 0 spiro atoms. The van der Waals surface area contributed by atoms with Gasteiger partial charge in [0.2, 0.25) is 0 Å². The molecule has 0 saturated heterocycles. The Morgan fingerprint density at radius 1 is 0.769 bits per heavy atom. The second-order valence-electron chi connectivity index (χ2n) is 7.15. The zero-order valence-electron chi connectivity index (χ0n) is 17.1. The second-order valence-corrected chi connectivity index (χ2v) is 7.15. The number of ketones is 1. The topological polar surface area (TPSA) is 67.2 Å². The molecular weight excluding hydrogens is 326 g/mol. The summed E-state index contributed by atoms with van der Waals surface area (Å²) in [5.41, 5.74) is 0. The van der Waals surface area contributed by atoms with E-state index < -0.39 is 17.7 Å². The molecule has 0 N–H and O–H groups in total. The lowest BCUT2D eigenvalue weighted by molar-refractivity contribution is -0.154. The molecule has 150 valence electrons. The molecule has 0 aliphatic carbocycles. The van der Waals surface area contributed by atoms with Gasteiger partial charge in [-0.15, -0.1) is 0 Å². The van der Waals surface area contributed by atoms with Crippen molar-refractivity contribution in [3.8, 4) is 6.07 Å². The molecule has 0 amide bonds. The lowest BCUT2D eigenvalue weighted by atomic mass is 9.97. The summed E-state index contributed by atoms with van der Waals surface area (Å²) in [4.78, 5) is 23.1. The Labute approximate surface area is 160 Å². The van der Waals surface area contributed by atoms with Crippen LogP contribution in [0, 0.1) is 17.2 Å². The van der Waals surface area contributed by atoms with E-state index in [-0.39, 0.29) is 6.61 Å². The van der Waals surface area contributed by atoms with Gasteiger partial charge in [0.05, 0.1) is 12.7 Å². The average molecular weight is 366 g/mol. The third-order valence-electron chi connectivity index (χ3n) is 4.80. The van der Waals surface area contributed by atoms with E-state index in [1.54, 1.807) is 6.92 Å². The molecule has 0 bridgehead atoms. The first kappa shape index (κ1) is 24.6. The zero-order chi connectivity index (χ0) is 19.5. The summed E-state index contributed by atoms with van der Waals surface area (Å²) in [5, 5.41) is 9.04. The minimum Gasteiger partial charge on any atom is -0.460 e. The van der Waals surface area contributed by atoms with Crippen LogP contribution in [-0.2, 0) is 14.3 Å². The van der Waals surface area contributed by atoms with Crippen LogP contribution in [0.25, 0.3) is 0 Å². The van der Waals surface area contributed by atoms with Gasteiger partial charge < -0.3 is 4.74 Å². The van der Waals surface area contributed by atoms with Gasteiger partial charge in [-0.2, -0.15) is 5.26 Å². The van der Waals surface area contributed by atoms with Crippen molar-refractivity contribution < 1.29 is 14.3 Å². The molecule has 0 heterocycles. The van der Waals surface area contributed by atoms with Crippen LogP contribution in [0.5, 0.6) is 0 Å². The Hall–Kier alpha value is -1.37. The average Bonchev–Trinajstić information content (AvgIpc) is 2.64. The number of Topliss-reactive ketones (excluding diaryl/α,β-unsaturated/α-hetero) is 1. The fourth-order valence-electron chi connectivity index (χ4n) is 3.14. The number of hydrogen-bond acceptors (Lipinski definition) is 4. The molecule has 0 aromatic heterocycles. The van der Waals surface area contributed by atoms with E-state index in [1.165, 1.54) is 70.6 Å². The van der Waals surface area contributed by atoms with Crippen molar-refractivity contribution in [2.45, 2.75) is 110 Å². The predicted octanol–water partition coefficient (Wildman–Crippen LogP) is 6.13. The summed E-state index contributed by atoms with van der Waals surface area (Å²) in [5.74, 6) is -2.40. The van der Waals surface area contributed by atoms with E-state index >= 15 is 0 Å². The third kappa shape index (κ3) is 13.9. The van der Waals surface area contributed by atoms with E-state index in [2.05, 4.69) is 11.7 Å². The van der Waals surface area contributed by atoms with Gasteiger partial charge in [-0.3, -0.25) is 4.79 Å². The van der Waals surface area contributed by atoms with Crippen LogP contribution in [0.4, 0.5) is 0 Å². The van der Waals surface area contributed by atoms with E-state index in [0.717, 1.165) is 19.3 Å². The molecule has 1 atom stereocenters. The normalized spacial score (nSPS) is 11.7. The molecule has 26 heavy (non-hydrogen) atoms. The molecule has 1 unspecified atom stereocenters. The molecule has 0 aromatic carbocycles. The number of nitrogens with zero attached hydrogens (tertiary/aromatic N) is 1. The van der Waals surface area contributed by atoms with Gasteiger partial charge in [0.1, 0.15) is 5.92 Å². The van der Waals surface area contributed by atoms with E-state index in [9.17, 15) is 9.59 Å². The van der Waals surface area contributed by atoms with Crippen LogP contribution in [0.1, 0.15) is 110 Å².